The van der Waals surface area contributed by atoms with Gasteiger partial charge in [0.05, 0.1) is 6.54 Å². The average molecular weight is 355 g/mol. The summed E-state index contributed by atoms with van der Waals surface area (Å²) in [6.07, 6.45) is 1.84. The Hall–Kier alpha value is -1.26. The first-order chi connectivity index (χ1) is 10.9. The van der Waals surface area contributed by atoms with Crippen molar-refractivity contribution in [3.8, 4) is 5.75 Å². The van der Waals surface area contributed by atoms with Gasteiger partial charge in [-0.15, -0.1) is 12.4 Å². The molecule has 5 heteroatoms. The number of halogens is 1. The van der Waals surface area contributed by atoms with Gasteiger partial charge in [0.25, 0.3) is 0 Å². The van der Waals surface area contributed by atoms with E-state index in [9.17, 15) is 4.79 Å². The number of hydrogen-bond acceptors (Lipinski definition) is 3. The summed E-state index contributed by atoms with van der Waals surface area (Å²) in [7, 11) is 0. The van der Waals surface area contributed by atoms with E-state index in [1.54, 1.807) is 0 Å². The van der Waals surface area contributed by atoms with E-state index in [-0.39, 0.29) is 29.6 Å². The molecule has 0 aliphatic carbocycles. The van der Waals surface area contributed by atoms with E-state index in [4.69, 9.17) is 4.74 Å². The van der Waals surface area contributed by atoms with Gasteiger partial charge in [0, 0.05) is 12.0 Å². The Balaban J connectivity index is 0.00000288. The Morgan fingerprint density at radius 2 is 1.96 bits per heavy atom. The van der Waals surface area contributed by atoms with Gasteiger partial charge in [-0.25, -0.2) is 0 Å². The summed E-state index contributed by atoms with van der Waals surface area (Å²) < 4.78 is 5.71. The van der Waals surface area contributed by atoms with Crippen LogP contribution in [0, 0.1) is 5.92 Å². The minimum atomic E-state index is 0. The lowest BCUT2D eigenvalue weighted by molar-refractivity contribution is -0.126. The highest BCUT2D eigenvalue weighted by molar-refractivity contribution is 5.85. The van der Waals surface area contributed by atoms with Crippen molar-refractivity contribution < 1.29 is 9.53 Å². The van der Waals surface area contributed by atoms with Crippen molar-refractivity contribution in [1.82, 2.24) is 10.6 Å². The third kappa shape index (κ3) is 6.33. The maximum atomic E-state index is 12.1. The molecule has 1 aromatic rings. The maximum absolute atomic E-state index is 12.1. The topological polar surface area (TPSA) is 50.4 Å². The molecule has 136 valence electrons. The van der Waals surface area contributed by atoms with Gasteiger partial charge in [-0.2, -0.15) is 0 Å². The van der Waals surface area contributed by atoms with E-state index in [2.05, 4.69) is 50.5 Å². The zero-order valence-corrected chi connectivity index (χ0v) is 16.0. The van der Waals surface area contributed by atoms with Crippen LogP contribution in [0.2, 0.25) is 0 Å². The summed E-state index contributed by atoms with van der Waals surface area (Å²) in [5.41, 5.74) is 1.44. The van der Waals surface area contributed by atoms with Gasteiger partial charge in [0.2, 0.25) is 5.91 Å². The Morgan fingerprint density at radius 1 is 1.29 bits per heavy atom. The zero-order valence-electron chi connectivity index (χ0n) is 15.2. The minimum Gasteiger partial charge on any atom is -0.492 e. The third-order valence-electron chi connectivity index (χ3n) is 4.38. The molecule has 2 rings (SSSR count). The van der Waals surface area contributed by atoms with E-state index in [1.807, 2.05) is 12.1 Å². The zero-order chi connectivity index (χ0) is 16.9. The molecule has 0 saturated carbocycles. The van der Waals surface area contributed by atoms with Crippen LogP contribution < -0.4 is 15.4 Å². The van der Waals surface area contributed by atoms with E-state index < -0.39 is 0 Å². The summed E-state index contributed by atoms with van der Waals surface area (Å²) in [4.78, 5) is 12.1. The molecule has 2 N–H and O–H groups in total. The number of benzene rings is 1. The number of piperidine rings is 1. The predicted molar refractivity (Wildman–Crippen MR) is 101 cm³/mol. The molecule has 0 radical (unpaired) electrons. The standard InChI is InChI=1S/C19H30N2O2.ClH/c1-14-13-15(9-10-20-14)18(22)21-11-12-23-17-7-5-16(6-8-17)19(2,3)4;/h5-8,14-15,20H,9-13H2,1-4H3,(H,21,22);1H/t14-,15-;/m0./s1. The van der Waals surface area contributed by atoms with Crippen LogP contribution in [0.3, 0.4) is 0 Å². The lowest BCUT2D eigenvalue weighted by atomic mass is 9.87. The van der Waals surface area contributed by atoms with E-state index in [0.29, 0.717) is 19.2 Å². The van der Waals surface area contributed by atoms with Gasteiger partial charge in [-0.1, -0.05) is 32.9 Å². The molecule has 0 spiro atoms. The van der Waals surface area contributed by atoms with Crippen molar-refractivity contribution in [3.05, 3.63) is 29.8 Å². The van der Waals surface area contributed by atoms with Crippen LogP contribution in [0.4, 0.5) is 0 Å². The number of amides is 1. The van der Waals surface area contributed by atoms with Crippen molar-refractivity contribution in [2.24, 2.45) is 5.92 Å². The Labute approximate surface area is 152 Å². The number of rotatable bonds is 5. The van der Waals surface area contributed by atoms with E-state index in [0.717, 1.165) is 25.1 Å². The first-order valence-electron chi connectivity index (χ1n) is 8.60. The smallest absolute Gasteiger partial charge is 0.223 e. The van der Waals surface area contributed by atoms with Crippen molar-refractivity contribution in [3.63, 3.8) is 0 Å². The van der Waals surface area contributed by atoms with Gasteiger partial charge in [-0.3, -0.25) is 4.79 Å². The molecule has 1 fully saturated rings. The Kier molecular flexibility index (Phi) is 8.04. The lowest BCUT2D eigenvalue weighted by Crippen LogP contribution is -2.43. The molecule has 4 nitrogen and oxygen atoms in total. The van der Waals surface area contributed by atoms with Crippen LogP contribution in [0.25, 0.3) is 0 Å². The molecule has 1 saturated heterocycles. The van der Waals surface area contributed by atoms with Crippen molar-refractivity contribution in [2.45, 2.75) is 52.0 Å². The summed E-state index contributed by atoms with van der Waals surface area (Å²) in [5.74, 6) is 1.14. The normalized spacial score (nSPS) is 20.8. The number of nitrogens with one attached hydrogen (secondary N) is 2. The molecule has 1 aliphatic heterocycles. The van der Waals surface area contributed by atoms with Gasteiger partial charge >= 0.3 is 0 Å². The van der Waals surface area contributed by atoms with Crippen molar-refractivity contribution >= 4 is 18.3 Å². The first-order valence-corrected chi connectivity index (χ1v) is 8.60. The quantitative estimate of drug-likeness (QED) is 0.798. The fourth-order valence-electron chi connectivity index (χ4n) is 2.91. The summed E-state index contributed by atoms with van der Waals surface area (Å²) in [5, 5.41) is 6.35. The highest BCUT2D eigenvalue weighted by Crippen LogP contribution is 2.24. The highest BCUT2D eigenvalue weighted by atomic mass is 35.5. The fraction of sp³-hybridized carbons (Fsp3) is 0.632. The SMILES string of the molecule is C[C@H]1C[C@@H](C(=O)NCCOc2ccc(C(C)(C)C)cc2)CCN1.Cl. The molecule has 1 heterocycles. The van der Waals surface area contributed by atoms with E-state index in [1.165, 1.54) is 5.56 Å². The molecule has 1 amide bonds. The van der Waals surface area contributed by atoms with Gasteiger partial charge in [0.15, 0.2) is 0 Å². The highest BCUT2D eigenvalue weighted by Gasteiger charge is 2.24. The molecule has 1 aromatic carbocycles. The molecular weight excluding hydrogens is 324 g/mol. The third-order valence-corrected chi connectivity index (χ3v) is 4.38. The number of carbonyl (C=O) groups is 1. The largest absolute Gasteiger partial charge is 0.492 e. The first kappa shape index (κ1) is 20.8. The van der Waals surface area contributed by atoms with E-state index >= 15 is 0 Å². The second kappa shape index (κ2) is 9.28. The van der Waals surface area contributed by atoms with Crippen LogP contribution in [0.1, 0.15) is 46.1 Å². The Bertz CT molecular complexity index is 511. The van der Waals surface area contributed by atoms with Crippen LogP contribution in [0.15, 0.2) is 24.3 Å². The number of hydrogen-bond donors (Lipinski definition) is 2. The molecule has 1 aliphatic rings. The summed E-state index contributed by atoms with van der Waals surface area (Å²) in [6.45, 7) is 10.7. The summed E-state index contributed by atoms with van der Waals surface area (Å²) >= 11 is 0. The molecule has 0 unspecified atom stereocenters. The van der Waals surface area contributed by atoms with Gasteiger partial charge in [0.1, 0.15) is 12.4 Å². The van der Waals surface area contributed by atoms with Crippen LogP contribution in [-0.4, -0.2) is 31.6 Å². The lowest BCUT2D eigenvalue weighted by Gasteiger charge is -2.27. The molecule has 2 atom stereocenters. The average Bonchev–Trinajstić information content (AvgIpc) is 2.51. The van der Waals surface area contributed by atoms with Crippen molar-refractivity contribution in [2.75, 3.05) is 19.7 Å². The number of ether oxygens (including phenoxy) is 1. The second-order valence-corrected chi connectivity index (χ2v) is 7.49. The van der Waals surface area contributed by atoms with Crippen LogP contribution in [-0.2, 0) is 10.2 Å². The summed E-state index contributed by atoms with van der Waals surface area (Å²) in [6, 6.07) is 8.62. The maximum Gasteiger partial charge on any atom is 0.223 e. The molecule has 0 bridgehead atoms. The van der Waals surface area contributed by atoms with Gasteiger partial charge in [-0.05, 0) is 49.4 Å². The van der Waals surface area contributed by atoms with Crippen LogP contribution in [0.5, 0.6) is 5.75 Å². The Morgan fingerprint density at radius 3 is 2.54 bits per heavy atom. The van der Waals surface area contributed by atoms with Crippen LogP contribution >= 0.6 is 12.4 Å². The molecule has 24 heavy (non-hydrogen) atoms. The second-order valence-electron chi connectivity index (χ2n) is 7.49. The fourth-order valence-corrected chi connectivity index (χ4v) is 2.91. The predicted octanol–water partition coefficient (Wildman–Crippen LogP) is 3.29. The molecular formula is C19H31ClN2O2. The van der Waals surface area contributed by atoms with Crippen molar-refractivity contribution in [1.29, 1.82) is 0 Å². The minimum absolute atomic E-state index is 0. The monoisotopic (exact) mass is 354 g/mol. The molecule has 0 aromatic heterocycles. The van der Waals surface area contributed by atoms with Gasteiger partial charge < -0.3 is 15.4 Å². The number of carbonyl (C=O) groups excluding carboxylic acids is 1.